The largest absolute Gasteiger partial charge is 0.370 e. The molecule has 17 heavy (non-hydrogen) atoms. The first-order chi connectivity index (χ1) is 8.13. The van der Waals surface area contributed by atoms with E-state index >= 15 is 0 Å². The first kappa shape index (κ1) is 13.6. The van der Waals surface area contributed by atoms with Crippen LogP contribution in [0.2, 0.25) is 0 Å². The summed E-state index contributed by atoms with van der Waals surface area (Å²) in [5.74, 6) is 1.07. The monoisotopic (exact) mass is 233 g/mol. The van der Waals surface area contributed by atoms with Gasteiger partial charge in [0.05, 0.1) is 6.04 Å². The van der Waals surface area contributed by atoms with Crippen molar-refractivity contribution >= 4 is 5.96 Å². The third kappa shape index (κ3) is 4.89. The maximum Gasteiger partial charge on any atom is 0.189 e. The second-order valence-corrected chi connectivity index (χ2v) is 4.64. The Labute approximate surface area is 104 Å². The predicted molar refractivity (Wildman–Crippen MR) is 73.9 cm³/mol. The van der Waals surface area contributed by atoms with Crippen molar-refractivity contribution in [2.45, 2.75) is 33.2 Å². The van der Waals surface area contributed by atoms with E-state index in [9.17, 15) is 0 Å². The molecule has 0 saturated carbocycles. The molecule has 0 heterocycles. The van der Waals surface area contributed by atoms with Gasteiger partial charge in [-0.15, -0.1) is 0 Å². The molecule has 1 aromatic carbocycles. The van der Waals surface area contributed by atoms with Crippen LogP contribution in [0.3, 0.4) is 0 Å². The summed E-state index contributed by atoms with van der Waals surface area (Å²) in [6, 6.07) is 10.6. The van der Waals surface area contributed by atoms with Crippen LogP contribution in [0.1, 0.15) is 38.8 Å². The van der Waals surface area contributed by atoms with Crippen LogP contribution in [-0.2, 0) is 0 Å². The van der Waals surface area contributed by atoms with E-state index in [1.165, 1.54) is 5.56 Å². The Balaban J connectivity index is 2.61. The summed E-state index contributed by atoms with van der Waals surface area (Å²) >= 11 is 0. The Morgan fingerprint density at radius 3 is 2.47 bits per heavy atom. The third-order valence-corrected chi connectivity index (χ3v) is 2.56. The minimum atomic E-state index is 0.243. The van der Waals surface area contributed by atoms with E-state index < -0.39 is 0 Å². The molecule has 0 saturated heterocycles. The first-order valence-electron chi connectivity index (χ1n) is 6.24. The fourth-order valence-electron chi connectivity index (χ4n) is 1.61. The standard InChI is InChI=1S/C14H23N3/c1-4-13(12-8-6-5-7-9-12)17-14(15)16-10-11(2)3/h5-9,11,13H,4,10H2,1-3H3,(H3,15,16,17). The maximum atomic E-state index is 5.87. The van der Waals surface area contributed by atoms with E-state index in [-0.39, 0.29) is 6.04 Å². The summed E-state index contributed by atoms with van der Waals surface area (Å²) in [5.41, 5.74) is 7.12. The van der Waals surface area contributed by atoms with Crippen molar-refractivity contribution in [3.63, 3.8) is 0 Å². The molecule has 0 fully saturated rings. The Hall–Kier alpha value is -1.51. The lowest BCUT2D eigenvalue weighted by atomic mass is 10.1. The zero-order chi connectivity index (χ0) is 12.7. The van der Waals surface area contributed by atoms with Gasteiger partial charge in [0.1, 0.15) is 0 Å². The number of nitrogens with zero attached hydrogens (tertiary/aromatic N) is 1. The molecular formula is C14H23N3. The van der Waals surface area contributed by atoms with Crippen molar-refractivity contribution in [3.8, 4) is 0 Å². The van der Waals surface area contributed by atoms with E-state index in [1.54, 1.807) is 0 Å². The SMILES string of the molecule is CCC(NC(N)=NCC(C)C)c1ccccc1. The Bertz CT molecular complexity index is 344. The number of hydrogen-bond acceptors (Lipinski definition) is 1. The molecule has 94 valence electrons. The molecule has 0 aromatic heterocycles. The average molecular weight is 233 g/mol. The van der Waals surface area contributed by atoms with Crippen molar-refractivity contribution in [1.82, 2.24) is 5.32 Å². The number of benzene rings is 1. The van der Waals surface area contributed by atoms with Gasteiger partial charge < -0.3 is 11.1 Å². The first-order valence-corrected chi connectivity index (χ1v) is 6.24. The summed E-state index contributed by atoms with van der Waals surface area (Å²) < 4.78 is 0. The van der Waals surface area contributed by atoms with Crippen LogP contribution in [0.25, 0.3) is 0 Å². The molecule has 0 spiro atoms. The lowest BCUT2D eigenvalue weighted by Crippen LogP contribution is -2.35. The quantitative estimate of drug-likeness (QED) is 0.607. The zero-order valence-electron chi connectivity index (χ0n) is 11.0. The predicted octanol–water partition coefficient (Wildman–Crippen LogP) is 2.70. The van der Waals surface area contributed by atoms with E-state index in [2.05, 4.69) is 43.2 Å². The number of nitrogens with two attached hydrogens (primary N) is 1. The Kier molecular flexibility index (Phi) is 5.53. The van der Waals surface area contributed by atoms with Crippen LogP contribution in [0.5, 0.6) is 0 Å². The lowest BCUT2D eigenvalue weighted by molar-refractivity contribution is 0.611. The topological polar surface area (TPSA) is 50.4 Å². The Morgan fingerprint density at radius 2 is 1.94 bits per heavy atom. The smallest absolute Gasteiger partial charge is 0.189 e. The maximum absolute atomic E-state index is 5.87. The van der Waals surface area contributed by atoms with Crippen LogP contribution in [0.4, 0.5) is 0 Å². The zero-order valence-corrected chi connectivity index (χ0v) is 11.0. The van der Waals surface area contributed by atoms with Crippen LogP contribution >= 0.6 is 0 Å². The van der Waals surface area contributed by atoms with Gasteiger partial charge in [0, 0.05) is 6.54 Å². The summed E-state index contributed by atoms with van der Waals surface area (Å²) in [7, 11) is 0. The normalized spacial score (nSPS) is 13.8. The highest BCUT2D eigenvalue weighted by atomic mass is 15.1. The number of rotatable bonds is 5. The number of hydrogen-bond donors (Lipinski definition) is 2. The molecule has 3 nitrogen and oxygen atoms in total. The van der Waals surface area contributed by atoms with Crippen molar-refractivity contribution in [2.75, 3.05) is 6.54 Å². The minimum absolute atomic E-state index is 0.243. The molecular weight excluding hydrogens is 210 g/mol. The van der Waals surface area contributed by atoms with Gasteiger partial charge in [-0.2, -0.15) is 0 Å². The number of nitrogens with one attached hydrogen (secondary N) is 1. The Morgan fingerprint density at radius 1 is 1.29 bits per heavy atom. The molecule has 1 aromatic rings. The van der Waals surface area contributed by atoms with Gasteiger partial charge in [0.25, 0.3) is 0 Å². The lowest BCUT2D eigenvalue weighted by Gasteiger charge is -2.18. The van der Waals surface area contributed by atoms with Crippen LogP contribution in [0, 0.1) is 5.92 Å². The van der Waals surface area contributed by atoms with E-state index in [4.69, 9.17) is 5.73 Å². The molecule has 1 atom stereocenters. The fraction of sp³-hybridized carbons (Fsp3) is 0.500. The van der Waals surface area contributed by atoms with Crippen LogP contribution in [0.15, 0.2) is 35.3 Å². The summed E-state index contributed by atoms with van der Waals surface area (Å²) in [6.45, 7) is 7.17. The van der Waals surface area contributed by atoms with Gasteiger partial charge in [-0.1, -0.05) is 51.1 Å². The second kappa shape index (κ2) is 6.94. The third-order valence-electron chi connectivity index (χ3n) is 2.56. The van der Waals surface area contributed by atoms with Gasteiger partial charge in [-0.3, -0.25) is 4.99 Å². The summed E-state index contributed by atoms with van der Waals surface area (Å²) in [6.07, 6.45) is 0.988. The fourth-order valence-corrected chi connectivity index (χ4v) is 1.61. The molecule has 3 N–H and O–H groups in total. The van der Waals surface area contributed by atoms with Crippen molar-refractivity contribution in [1.29, 1.82) is 0 Å². The summed E-state index contributed by atoms with van der Waals surface area (Å²) in [5, 5.41) is 3.27. The number of guanidine groups is 1. The molecule has 3 heteroatoms. The van der Waals surface area contributed by atoms with Gasteiger partial charge in [0.15, 0.2) is 5.96 Å². The van der Waals surface area contributed by atoms with Gasteiger partial charge in [0.2, 0.25) is 0 Å². The van der Waals surface area contributed by atoms with E-state index in [0.29, 0.717) is 11.9 Å². The van der Waals surface area contributed by atoms with E-state index in [0.717, 1.165) is 13.0 Å². The van der Waals surface area contributed by atoms with Crippen LogP contribution < -0.4 is 11.1 Å². The van der Waals surface area contributed by atoms with Gasteiger partial charge in [-0.25, -0.2) is 0 Å². The summed E-state index contributed by atoms with van der Waals surface area (Å²) in [4.78, 5) is 4.32. The van der Waals surface area contributed by atoms with Crippen molar-refractivity contribution in [2.24, 2.45) is 16.6 Å². The second-order valence-electron chi connectivity index (χ2n) is 4.64. The molecule has 0 aliphatic heterocycles. The molecule has 1 rings (SSSR count). The molecule has 0 amide bonds. The average Bonchev–Trinajstić information content (AvgIpc) is 2.34. The molecule has 0 aliphatic rings. The highest BCUT2D eigenvalue weighted by molar-refractivity contribution is 5.78. The van der Waals surface area contributed by atoms with Gasteiger partial charge in [-0.05, 0) is 17.9 Å². The molecule has 0 bridgehead atoms. The van der Waals surface area contributed by atoms with Crippen molar-refractivity contribution in [3.05, 3.63) is 35.9 Å². The minimum Gasteiger partial charge on any atom is -0.370 e. The van der Waals surface area contributed by atoms with Crippen molar-refractivity contribution < 1.29 is 0 Å². The number of aliphatic imine (C=N–C) groups is 1. The molecule has 1 unspecified atom stereocenters. The highest BCUT2D eigenvalue weighted by Crippen LogP contribution is 2.15. The highest BCUT2D eigenvalue weighted by Gasteiger charge is 2.08. The van der Waals surface area contributed by atoms with Gasteiger partial charge >= 0.3 is 0 Å². The molecule has 0 radical (unpaired) electrons. The van der Waals surface area contributed by atoms with E-state index in [1.807, 2.05) is 18.2 Å². The van der Waals surface area contributed by atoms with Crippen LogP contribution in [-0.4, -0.2) is 12.5 Å². The molecule has 0 aliphatic carbocycles.